The van der Waals surface area contributed by atoms with E-state index in [0.29, 0.717) is 0 Å². The smallest absolute Gasteiger partial charge is 0.419 e. The largest absolute Gasteiger partial charge is 0.486 e. The van der Waals surface area contributed by atoms with Crippen molar-refractivity contribution in [3.63, 3.8) is 0 Å². The summed E-state index contributed by atoms with van der Waals surface area (Å²) >= 11 is 0. The molecule has 1 fully saturated rings. The van der Waals surface area contributed by atoms with Gasteiger partial charge in [0.2, 0.25) is 11.7 Å². The van der Waals surface area contributed by atoms with Gasteiger partial charge in [0.05, 0.1) is 28.1 Å². The van der Waals surface area contributed by atoms with Crippen LogP contribution in [0.1, 0.15) is 20.3 Å². The van der Waals surface area contributed by atoms with Gasteiger partial charge < -0.3 is 19.7 Å². The van der Waals surface area contributed by atoms with Gasteiger partial charge in [0.25, 0.3) is 0 Å². The van der Waals surface area contributed by atoms with Crippen LogP contribution >= 0.6 is 0 Å². The van der Waals surface area contributed by atoms with Gasteiger partial charge in [-0.3, -0.25) is 4.79 Å². The number of rotatable bonds is 7. The highest BCUT2D eigenvalue weighted by Crippen LogP contribution is 2.47. The number of carbonyl (C=O) groups is 1. The lowest BCUT2D eigenvalue weighted by molar-refractivity contribution is -0.261. The van der Waals surface area contributed by atoms with Crippen LogP contribution in [0.15, 0.2) is 35.5 Å². The number of aromatic nitrogens is 1. The first kappa shape index (κ1) is 27.6. The standard InChI is InChI=1S/C22H25F5N4O4S/c1-12(2)35-19-15(6-5-14(23)18(19)24)31-11-21(34-3,22(25,26)27)10-16(31)20(32)30-13-7-8-29-17(9-13)36(4,28)33/h5-9,12,16,28H,10-11H2,1-4H3,(H,29,30,32)/t16?,21?,36-/m1/s1. The minimum absolute atomic E-state index is 0.0395. The Kier molecular flexibility index (Phi) is 7.51. The summed E-state index contributed by atoms with van der Waals surface area (Å²) in [5, 5.41) is 2.29. The number of nitrogens with zero attached hydrogens (tertiary/aromatic N) is 2. The molecule has 3 rings (SSSR count). The van der Waals surface area contributed by atoms with Gasteiger partial charge in [0, 0.05) is 31.7 Å². The molecule has 1 amide bonds. The zero-order chi connectivity index (χ0) is 27.1. The number of benzene rings is 1. The maximum Gasteiger partial charge on any atom is 0.419 e. The molecule has 0 spiro atoms. The fourth-order valence-corrected chi connectivity index (χ4v) is 4.46. The highest BCUT2D eigenvalue weighted by atomic mass is 32.2. The summed E-state index contributed by atoms with van der Waals surface area (Å²) in [4.78, 5) is 18.0. The van der Waals surface area contributed by atoms with Crippen LogP contribution in [0.5, 0.6) is 5.75 Å². The number of ether oxygens (including phenoxy) is 2. The van der Waals surface area contributed by atoms with Crippen LogP contribution < -0.4 is 15.0 Å². The van der Waals surface area contributed by atoms with Gasteiger partial charge in [-0.2, -0.15) is 17.6 Å². The molecule has 1 aliphatic heterocycles. The van der Waals surface area contributed by atoms with E-state index in [4.69, 9.17) is 14.3 Å². The molecule has 36 heavy (non-hydrogen) atoms. The first-order valence-electron chi connectivity index (χ1n) is 10.6. The summed E-state index contributed by atoms with van der Waals surface area (Å²) in [6, 6.07) is 2.70. The summed E-state index contributed by atoms with van der Waals surface area (Å²) in [5.41, 5.74) is -3.01. The zero-order valence-electron chi connectivity index (χ0n) is 19.8. The Bertz CT molecular complexity index is 1260. The Morgan fingerprint density at radius 1 is 1.31 bits per heavy atom. The molecular weight excluding hydrogens is 511 g/mol. The maximum atomic E-state index is 14.7. The van der Waals surface area contributed by atoms with Crippen molar-refractivity contribution in [1.29, 1.82) is 4.78 Å². The van der Waals surface area contributed by atoms with Gasteiger partial charge >= 0.3 is 6.18 Å². The van der Waals surface area contributed by atoms with Crippen LogP contribution in [0.25, 0.3) is 0 Å². The van der Waals surface area contributed by atoms with Crippen molar-refractivity contribution in [2.24, 2.45) is 0 Å². The quantitative estimate of drug-likeness (QED) is 0.510. The van der Waals surface area contributed by atoms with Crippen molar-refractivity contribution in [2.75, 3.05) is 30.1 Å². The number of nitrogens with one attached hydrogen (secondary N) is 2. The number of hydrogen-bond acceptors (Lipinski definition) is 7. The molecule has 3 atom stereocenters. The highest BCUT2D eigenvalue weighted by molar-refractivity contribution is 7.91. The highest BCUT2D eigenvalue weighted by Gasteiger charge is 2.63. The van der Waals surface area contributed by atoms with E-state index in [2.05, 4.69) is 10.3 Å². The van der Waals surface area contributed by atoms with Crippen molar-refractivity contribution in [3.8, 4) is 5.75 Å². The lowest BCUT2D eigenvalue weighted by Gasteiger charge is -2.31. The lowest BCUT2D eigenvalue weighted by atomic mass is 9.99. The van der Waals surface area contributed by atoms with Crippen LogP contribution in [-0.4, -0.2) is 58.9 Å². The normalized spacial score (nSPS) is 21.9. The molecule has 1 aromatic heterocycles. The van der Waals surface area contributed by atoms with Crippen LogP contribution in [0.4, 0.5) is 33.3 Å². The van der Waals surface area contributed by atoms with Crippen LogP contribution in [0.2, 0.25) is 0 Å². The number of anilines is 2. The molecule has 0 saturated carbocycles. The average molecular weight is 537 g/mol. The van der Waals surface area contributed by atoms with Gasteiger partial charge in [-0.15, -0.1) is 0 Å². The first-order chi connectivity index (χ1) is 16.6. The predicted octanol–water partition coefficient (Wildman–Crippen LogP) is 4.35. The molecule has 2 unspecified atom stereocenters. The Labute approximate surface area is 204 Å². The third-order valence-electron chi connectivity index (χ3n) is 5.63. The Morgan fingerprint density at radius 3 is 2.53 bits per heavy atom. The number of alkyl halides is 3. The molecule has 1 saturated heterocycles. The number of hydrogen-bond donors (Lipinski definition) is 2. The predicted molar refractivity (Wildman–Crippen MR) is 122 cm³/mol. The Morgan fingerprint density at radius 2 is 1.97 bits per heavy atom. The maximum absolute atomic E-state index is 14.7. The molecule has 0 bridgehead atoms. The molecule has 2 aromatic rings. The Balaban J connectivity index is 2.09. The third-order valence-corrected chi connectivity index (χ3v) is 6.65. The van der Waals surface area contributed by atoms with Gasteiger partial charge in [0.1, 0.15) is 11.1 Å². The average Bonchev–Trinajstić information content (AvgIpc) is 3.18. The van der Waals surface area contributed by atoms with E-state index in [1.165, 1.54) is 32.2 Å². The summed E-state index contributed by atoms with van der Waals surface area (Å²) in [6.45, 7) is 2.15. The van der Waals surface area contributed by atoms with E-state index in [1.54, 1.807) is 0 Å². The number of pyridine rings is 1. The number of halogens is 5. The van der Waals surface area contributed by atoms with Crippen molar-refractivity contribution >= 4 is 27.0 Å². The summed E-state index contributed by atoms with van der Waals surface area (Å²) in [5.74, 6) is -4.24. The molecule has 2 N–H and O–H groups in total. The molecular formula is C22H25F5N4O4S. The number of carbonyl (C=O) groups excluding carboxylic acids is 1. The molecule has 0 radical (unpaired) electrons. The van der Waals surface area contributed by atoms with E-state index >= 15 is 0 Å². The van der Waals surface area contributed by atoms with Crippen molar-refractivity contribution in [1.82, 2.24) is 4.98 Å². The summed E-state index contributed by atoms with van der Waals surface area (Å²) < 4.78 is 101. The van der Waals surface area contributed by atoms with E-state index in [1.807, 2.05) is 0 Å². The topological polar surface area (TPSA) is 105 Å². The fourth-order valence-electron chi connectivity index (χ4n) is 3.85. The number of amides is 1. The molecule has 1 aromatic carbocycles. The summed E-state index contributed by atoms with van der Waals surface area (Å²) in [7, 11) is -2.39. The number of methoxy groups -OCH3 is 1. The molecule has 14 heteroatoms. The molecule has 1 aliphatic rings. The Hall–Kier alpha value is -3.00. The van der Waals surface area contributed by atoms with Crippen LogP contribution in [0, 0.1) is 16.4 Å². The van der Waals surface area contributed by atoms with Crippen molar-refractivity contribution in [2.45, 2.75) is 49.2 Å². The van der Waals surface area contributed by atoms with Gasteiger partial charge in [-0.05, 0) is 38.1 Å². The van der Waals surface area contributed by atoms with Gasteiger partial charge in [0.15, 0.2) is 17.2 Å². The molecule has 8 nitrogen and oxygen atoms in total. The lowest BCUT2D eigenvalue weighted by Crippen LogP contribution is -2.49. The third kappa shape index (κ3) is 5.38. The van der Waals surface area contributed by atoms with E-state index in [9.17, 15) is 31.0 Å². The zero-order valence-corrected chi connectivity index (χ0v) is 20.6. The van der Waals surface area contributed by atoms with Crippen molar-refractivity contribution < 1.29 is 40.4 Å². The van der Waals surface area contributed by atoms with Crippen LogP contribution in [-0.2, 0) is 19.3 Å². The minimum atomic E-state index is -4.91. The molecule has 2 heterocycles. The monoisotopic (exact) mass is 536 g/mol. The SMILES string of the molecule is COC1(C(F)(F)F)CC(C(=O)Nc2ccnc([S@](C)(=N)=O)c2)N(c2ccc(F)c(F)c2OC(C)C)C1. The first-order valence-corrected chi connectivity index (χ1v) is 12.6. The van der Waals surface area contributed by atoms with Crippen LogP contribution in [0.3, 0.4) is 0 Å². The fraction of sp³-hybridized carbons (Fsp3) is 0.455. The van der Waals surface area contributed by atoms with E-state index < -0.39 is 69.9 Å². The molecule has 198 valence electrons. The summed E-state index contributed by atoms with van der Waals surface area (Å²) in [6.07, 6.45) is -4.12. The minimum Gasteiger partial charge on any atom is -0.486 e. The van der Waals surface area contributed by atoms with Gasteiger partial charge in [-0.25, -0.2) is 18.4 Å². The van der Waals surface area contributed by atoms with Gasteiger partial charge in [-0.1, -0.05) is 0 Å². The van der Waals surface area contributed by atoms with E-state index in [0.717, 1.165) is 30.4 Å². The second-order valence-electron chi connectivity index (χ2n) is 8.64. The second-order valence-corrected chi connectivity index (χ2v) is 10.7. The van der Waals surface area contributed by atoms with E-state index in [-0.39, 0.29) is 16.4 Å². The second kappa shape index (κ2) is 9.81. The van der Waals surface area contributed by atoms with Crippen molar-refractivity contribution in [3.05, 3.63) is 42.1 Å². The molecule has 0 aliphatic carbocycles.